The van der Waals surface area contributed by atoms with E-state index < -0.39 is 0 Å². The van der Waals surface area contributed by atoms with E-state index in [1.165, 1.54) is 15.4 Å². The van der Waals surface area contributed by atoms with Gasteiger partial charge in [-0.15, -0.1) is 0 Å². The molecule has 0 aliphatic heterocycles. The molecular formula is C15H16BrNS. The summed E-state index contributed by atoms with van der Waals surface area (Å²) in [6.45, 7) is 2.12. The van der Waals surface area contributed by atoms with Crippen LogP contribution in [0.4, 0.5) is 0 Å². The summed E-state index contributed by atoms with van der Waals surface area (Å²) >= 11 is 5.34. The monoisotopic (exact) mass is 321 g/mol. The lowest BCUT2D eigenvalue weighted by Gasteiger charge is -2.14. The van der Waals surface area contributed by atoms with Crippen LogP contribution < -0.4 is 5.73 Å². The van der Waals surface area contributed by atoms with Crippen molar-refractivity contribution in [3.8, 4) is 0 Å². The zero-order chi connectivity index (χ0) is 13.0. The van der Waals surface area contributed by atoms with Gasteiger partial charge in [0.15, 0.2) is 0 Å². The molecule has 0 saturated carbocycles. The van der Waals surface area contributed by atoms with Gasteiger partial charge in [-0.2, -0.15) is 0 Å². The molecule has 2 aromatic carbocycles. The normalized spacial score (nSPS) is 12.4. The average molecular weight is 322 g/mol. The van der Waals surface area contributed by atoms with Gasteiger partial charge in [0.1, 0.15) is 0 Å². The van der Waals surface area contributed by atoms with Crippen molar-refractivity contribution in [1.82, 2.24) is 0 Å². The highest BCUT2D eigenvalue weighted by Gasteiger charge is 2.10. The van der Waals surface area contributed by atoms with Crippen LogP contribution in [-0.2, 0) is 0 Å². The highest BCUT2D eigenvalue weighted by Crippen LogP contribution is 2.36. The number of benzene rings is 2. The number of halogens is 1. The third kappa shape index (κ3) is 3.16. The maximum atomic E-state index is 6.16. The van der Waals surface area contributed by atoms with E-state index in [1.54, 1.807) is 11.8 Å². The zero-order valence-electron chi connectivity index (χ0n) is 10.3. The van der Waals surface area contributed by atoms with Crippen LogP contribution in [0.3, 0.4) is 0 Å². The second kappa shape index (κ2) is 6.41. The average Bonchev–Trinajstić information content (AvgIpc) is 2.41. The minimum absolute atomic E-state index is 0.108. The number of hydrogen-bond donors (Lipinski definition) is 1. The molecule has 0 fully saturated rings. The van der Waals surface area contributed by atoms with Gasteiger partial charge in [0, 0.05) is 20.3 Å². The molecule has 0 amide bonds. The van der Waals surface area contributed by atoms with Crippen LogP contribution in [0.5, 0.6) is 0 Å². The fourth-order valence-corrected chi connectivity index (χ4v) is 3.31. The molecule has 1 atom stereocenters. The van der Waals surface area contributed by atoms with Crippen LogP contribution >= 0.6 is 27.7 Å². The van der Waals surface area contributed by atoms with Gasteiger partial charge in [-0.25, -0.2) is 0 Å². The molecule has 0 aliphatic rings. The van der Waals surface area contributed by atoms with Crippen LogP contribution in [0.1, 0.15) is 24.9 Å². The van der Waals surface area contributed by atoms with Crippen molar-refractivity contribution in [3.63, 3.8) is 0 Å². The molecule has 0 spiro atoms. The molecule has 0 heterocycles. The van der Waals surface area contributed by atoms with E-state index in [0.717, 1.165) is 10.9 Å². The Balaban J connectivity index is 2.32. The summed E-state index contributed by atoms with van der Waals surface area (Å²) in [5.41, 5.74) is 7.38. The molecule has 2 N–H and O–H groups in total. The van der Waals surface area contributed by atoms with Gasteiger partial charge < -0.3 is 5.73 Å². The molecule has 0 aromatic heterocycles. The van der Waals surface area contributed by atoms with Gasteiger partial charge >= 0.3 is 0 Å². The quantitative estimate of drug-likeness (QED) is 0.856. The van der Waals surface area contributed by atoms with Gasteiger partial charge in [-0.1, -0.05) is 49.0 Å². The molecule has 0 saturated heterocycles. The Labute approximate surface area is 121 Å². The third-order valence-corrected chi connectivity index (χ3v) is 4.94. The van der Waals surface area contributed by atoms with Gasteiger partial charge in [-0.05, 0) is 46.1 Å². The molecule has 2 rings (SSSR count). The van der Waals surface area contributed by atoms with E-state index in [9.17, 15) is 0 Å². The molecule has 1 unspecified atom stereocenters. The van der Waals surface area contributed by atoms with Crippen LogP contribution in [0.25, 0.3) is 0 Å². The number of hydrogen-bond acceptors (Lipinski definition) is 2. The van der Waals surface area contributed by atoms with E-state index in [0.29, 0.717) is 0 Å². The zero-order valence-corrected chi connectivity index (χ0v) is 12.7. The largest absolute Gasteiger partial charge is 0.324 e. The predicted molar refractivity (Wildman–Crippen MR) is 81.9 cm³/mol. The summed E-state index contributed by atoms with van der Waals surface area (Å²) in [6.07, 6.45) is 0.952. The van der Waals surface area contributed by atoms with Gasteiger partial charge in [-0.3, -0.25) is 0 Å². The van der Waals surface area contributed by atoms with Crippen LogP contribution in [0, 0.1) is 0 Å². The summed E-state index contributed by atoms with van der Waals surface area (Å²) in [4.78, 5) is 2.45. The van der Waals surface area contributed by atoms with E-state index in [1.807, 2.05) is 6.07 Å². The molecule has 94 valence electrons. The van der Waals surface area contributed by atoms with E-state index >= 15 is 0 Å². The van der Waals surface area contributed by atoms with Crippen LogP contribution in [-0.4, -0.2) is 0 Å². The van der Waals surface area contributed by atoms with Gasteiger partial charge in [0.05, 0.1) is 0 Å². The van der Waals surface area contributed by atoms with Crippen molar-refractivity contribution < 1.29 is 0 Å². The molecule has 2 aromatic rings. The van der Waals surface area contributed by atoms with Crippen LogP contribution in [0.15, 0.2) is 62.8 Å². The van der Waals surface area contributed by atoms with E-state index in [4.69, 9.17) is 5.73 Å². The molecule has 1 nitrogen and oxygen atoms in total. The standard InChI is InChI=1S/C15H16BrNS/c1-2-13(17)11-7-3-5-9-14(11)18-15-10-6-4-8-12(15)16/h3-10,13H,2,17H2,1H3. The van der Waals surface area contributed by atoms with Crippen molar-refractivity contribution in [2.75, 3.05) is 0 Å². The van der Waals surface area contributed by atoms with Crippen molar-refractivity contribution in [2.24, 2.45) is 5.73 Å². The summed E-state index contributed by atoms with van der Waals surface area (Å²) in [7, 11) is 0. The Hall–Kier alpha value is -0.770. The second-order valence-electron chi connectivity index (χ2n) is 4.09. The second-order valence-corrected chi connectivity index (χ2v) is 6.02. The number of nitrogens with two attached hydrogens (primary N) is 1. The summed E-state index contributed by atoms with van der Waals surface area (Å²) in [5, 5.41) is 0. The summed E-state index contributed by atoms with van der Waals surface area (Å²) < 4.78 is 1.12. The Bertz CT molecular complexity index is 527. The van der Waals surface area contributed by atoms with Crippen molar-refractivity contribution in [1.29, 1.82) is 0 Å². The first-order valence-electron chi connectivity index (χ1n) is 5.99. The van der Waals surface area contributed by atoms with E-state index in [2.05, 4.69) is 65.3 Å². The molecule has 0 aliphatic carbocycles. The Morgan fingerprint density at radius 3 is 2.33 bits per heavy atom. The smallest absolute Gasteiger partial charge is 0.0314 e. The highest BCUT2D eigenvalue weighted by molar-refractivity contribution is 9.10. The van der Waals surface area contributed by atoms with Gasteiger partial charge in [0.25, 0.3) is 0 Å². The first-order valence-corrected chi connectivity index (χ1v) is 7.60. The SMILES string of the molecule is CCC(N)c1ccccc1Sc1ccccc1Br. The first-order chi connectivity index (χ1) is 8.72. The minimum Gasteiger partial charge on any atom is -0.324 e. The minimum atomic E-state index is 0.108. The van der Waals surface area contributed by atoms with Crippen molar-refractivity contribution in [2.45, 2.75) is 29.2 Å². The summed E-state index contributed by atoms with van der Waals surface area (Å²) in [5.74, 6) is 0. The first kappa shape index (κ1) is 13.7. The molecule has 0 bridgehead atoms. The molecule has 18 heavy (non-hydrogen) atoms. The maximum Gasteiger partial charge on any atom is 0.0314 e. The lowest BCUT2D eigenvalue weighted by atomic mass is 10.1. The fourth-order valence-electron chi connectivity index (χ4n) is 1.75. The topological polar surface area (TPSA) is 26.0 Å². The van der Waals surface area contributed by atoms with Crippen molar-refractivity contribution in [3.05, 3.63) is 58.6 Å². The van der Waals surface area contributed by atoms with Crippen LogP contribution in [0.2, 0.25) is 0 Å². The fraction of sp³-hybridized carbons (Fsp3) is 0.200. The Morgan fingerprint density at radius 1 is 1.06 bits per heavy atom. The Morgan fingerprint density at radius 2 is 1.67 bits per heavy atom. The maximum absolute atomic E-state index is 6.16. The summed E-state index contributed by atoms with van der Waals surface area (Å²) in [6, 6.07) is 16.7. The van der Waals surface area contributed by atoms with E-state index in [-0.39, 0.29) is 6.04 Å². The molecule has 3 heteroatoms. The Kier molecular flexibility index (Phi) is 4.87. The predicted octanol–water partition coefficient (Wildman–Crippen LogP) is 5.01. The third-order valence-electron chi connectivity index (χ3n) is 2.81. The molecule has 0 radical (unpaired) electrons. The molecular weight excluding hydrogens is 306 g/mol. The van der Waals surface area contributed by atoms with Crippen molar-refractivity contribution >= 4 is 27.7 Å². The lowest BCUT2D eigenvalue weighted by molar-refractivity contribution is 0.685. The lowest BCUT2D eigenvalue weighted by Crippen LogP contribution is -2.09. The number of rotatable bonds is 4. The highest BCUT2D eigenvalue weighted by atomic mass is 79.9. The van der Waals surface area contributed by atoms with Gasteiger partial charge in [0.2, 0.25) is 0 Å².